The highest BCUT2D eigenvalue weighted by Crippen LogP contribution is 2.47. The van der Waals surface area contributed by atoms with E-state index in [2.05, 4.69) is 5.32 Å². The lowest BCUT2D eigenvalue weighted by molar-refractivity contribution is -0.142. The Morgan fingerprint density at radius 1 is 1.12 bits per heavy atom. The van der Waals surface area contributed by atoms with Gasteiger partial charge in [-0.3, -0.25) is 9.59 Å². The summed E-state index contributed by atoms with van der Waals surface area (Å²) in [6.07, 6.45) is 0. The van der Waals surface area contributed by atoms with E-state index in [1.165, 1.54) is 0 Å². The van der Waals surface area contributed by atoms with E-state index in [0.717, 1.165) is 0 Å². The number of esters is 1. The summed E-state index contributed by atoms with van der Waals surface area (Å²) in [4.78, 5) is 24.1. The molecule has 0 saturated carbocycles. The molecule has 3 N–H and O–H groups in total. The van der Waals surface area contributed by atoms with Crippen molar-refractivity contribution in [1.29, 1.82) is 0 Å². The van der Waals surface area contributed by atoms with Gasteiger partial charge in [-0.2, -0.15) is 0 Å². The van der Waals surface area contributed by atoms with E-state index in [-0.39, 0.29) is 36.3 Å². The number of carbonyl (C=O) groups excluding carboxylic acids is 2. The highest BCUT2D eigenvalue weighted by Gasteiger charge is 2.33. The number of phenols is 2. The topological polar surface area (TPSA) is 95.9 Å². The Bertz CT molecular complexity index is 917. The molecule has 6 nitrogen and oxygen atoms in total. The summed E-state index contributed by atoms with van der Waals surface area (Å²) in [6.45, 7) is 5.80. The molecule has 0 radical (unpaired) electrons. The van der Waals surface area contributed by atoms with Crippen molar-refractivity contribution in [2.45, 2.75) is 27.3 Å². The maximum Gasteiger partial charge on any atom is 0.319 e. The van der Waals surface area contributed by atoms with Crippen LogP contribution in [-0.4, -0.2) is 35.1 Å². The monoisotopic (exact) mass is 355 g/mol. The number of aryl methyl sites for hydroxylation is 1. The van der Waals surface area contributed by atoms with Crippen molar-refractivity contribution in [3.05, 3.63) is 46.0 Å². The number of aromatic hydroxyl groups is 2. The quantitative estimate of drug-likeness (QED) is 0.609. The molecule has 0 fully saturated rings. The van der Waals surface area contributed by atoms with Crippen molar-refractivity contribution in [3.8, 4) is 22.6 Å². The van der Waals surface area contributed by atoms with Crippen LogP contribution in [0.5, 0.6) is 11.5 Å². The number of carbonyl (C=O) groups is 2. The number of ether oxygens (including phenoxy) is 1. The minimum Gasteiger partial charge on any atom is -0.507 e. The lowest BCUT2D eigenvalue weighted by atomic mass is 9.96. The molecule has 26 heavy (non-hydrogen) atoms. The smallest absolute Gasteiger partial charge is 0.319 e. The summed E-state index contributed by atoms with van der Waals surface area (Å²) in [6, 6.07) is 5.06. The molecular weight excluding hydrogens is 334 g/mol. The molecule has 0 aliphatic heterocycles. The fraction of sp³-hybridized carbons (Fsp3) is 0.300. The number of phenolic OH excluding ortho intramolecular Hbond substituents is 2. The zero-order valence-corrected chi connectivity index (χ0v) is 15.0. The van der Waals surface area contributed by atoms with Crippen molar-refractivity contribution < 1.29 is 24.5 Å². The van der Waals surface area contributed by atoms with Gasteiger partial charge in [0.2, 0.25) is 0 Å². The summed E-state index contributed by atoms with van der Waals surface area (Å²) in [5, 5.41) is 23.8. The first-order chi connectivity index (χ1) is 12.4. The van der Waals surface area contributed by atoms with Crippen LogP contribution in [0.15, 0.2) is 18.2 Å². The second-order valence-corrected chi connectivity index (χ2v) is 6.32. The molecule has 0 saturated heterocycles. The average Bonchev–Trinajstić information content (AvgIpc) is 2.88. The minimum absolute atomic E-state index is 0.00967. The summed E-state index contributed by atoms with van der Waals surface area (Å²) < 4.78 is 4.85. The molecule has 0 spiro atoms. The number of hydrogen-bond donors (Lipinski definition) is 3. The van der Waals surface area contributed by atoms with Crippen molar-refractivity contribution in [2.75, 3.05) is 13.2 Å². The molecule has 0 heterocycles. The maximum absolute atomic E-state index is 12.7. The van der Waals surface area contributed by atoms with Gasteiger partial charge in [-0.25, -0.2) is 0 Å². The molecule has 3 rings (SSSR count). The number of benzene rings is 2. The van der Waals surface area contributed by atoms with Crippen LogP contribution in [0.2, 0.25) is 0 Å². The number of ketones is 1. The van der Waals surface area contributed by atoms with Gasteiger partial charge in [-0.05, 0) is 44.0 Å². The molecule has 2 aromatic rings. The van der Waals surface area contributed by atoms with Crippen LogP contribution < -0.4 is 5.32 Å². The van der Waals surface area contributed by atoms with Crippen LogP contribution >= 0.6 is 0 Å². The molecule has 0 aromatic heterocycles. The third-order valence-electron chi connectivity index (χ3n) is 4.63. The molecule has 136 valence electrons. The van der Waals surface area contributed by atoms with E-state index in [1.807, 2.05) is 0 Å². The Morgan fingerprint density at radius 3 is 2.54 bits per heavy atom. The summed E-state index contributed by atoms with van der Waals surface area (Å²) in [5.74, 6) is -0.462. The van der Waals surface area contributed by atoms with Crippen LogP contribution in [0.25, 0.3) is 11.1 Å². The Hall–Kier alpha value is -2.86. The van der Waals surface area contributed by atoms with Gasteiger partial charge in [0.15, 0.2) is 5.78 Å². The molecule has 2 aromatic carbocycles. The first-order valence-corrected chi connectivity index (χ1v) is 8.46. The lowest BCUT2D eigenvalue weighted by Gasteiger charge is -2.12. The third kappa shape index (κ3) is 2.82. The third-order valence-corrected chi connectivity index (χ3v) is 4.63. The van der Waals surface area contributed by atoms with Crippen LogP contribution in [0, 0.1) is 13.8 Å². The van der Waals surface area contributed by atoms with E-state index in [9.17, 15) is 19.8 Å². The zero-order chi connectivity index (χ0) is 19.0. The minimum atomic E-state index is -0.365. The highest BCUT2D eigenvalue weighted by atomic mass is 16.5. The highest BCUT2D eigenvalue weighted by molar-refractivity contribution is 6.23. The van der Waals surface area contributed by atoms with Gasteiger partial charge in [0, 0.05) is 34.4 Å². The van der Waals surface area contributed by atoms with E-state index in [1.54, 1.807) is 39.0 Å². The zero-order valence-electron chi connectivity index (χ0n) is 15.0. The van der Waals surface area contributed by atoms with Gasteiger partial charge in [0.05, 0.1) is 13.2 Å². The van der Waals surface area contributed by atoms with E-state index in [0.29, 0.717) is 45.6 Å². The summed E-state index contributed by atoms with van der Waals surface area (Å²) in [7, 11) is 0. The fourth-order valence-corrected chi connectivity index (χ4v) is 3.35. The Balaban J connectivity index is 1.96. The Labute approximate surface area is 151 Å². The molecule has 0 unspecified atom stereocenters. The molecule has 1 aliphatic rings. The maximum atomic E-state index is 12.7. The van der Waals surface area contributed by atoms with Gasteiger partial charge in [0.25, 0.3) is 0 Å². The lowest BCUT2D eigenvalue weighted by Crippen LogP contribution is -2.24. The summed E-state index contributed by atoms with van der Waals surface area (Å²) in [5.41, 5.74) is 3.69. The van der Waals surface area contributed by atoms with Gasteiger partial charge >= 0.3 is 5.97 Å². The first-order valence-electron chi connectivity index (χ1n) is 8.46. The van der Waals surface area contributed by atoms with Gasteiger partial charge < -0.3 is 20.3 Å². The second-order valence-electron chi connectivity index (χ2n) is 6.32. The fourth-order valence-electron chi connectivity index (χ4n) is 3.35. The van der Waals surface area contributed by atoms with Crippen molar-refractivity contribution in [1.82, 2.24) is 5.32 Å². The van der Waals surface area contributed by atoms with Crippen LogP contribution in [0.3, 0.4) is 0 Å². The standard InChI is InChI=1S/C20H21NO5/c1-4-26-15(22)9-21-8-12-5-6-13-17(19(12)24)14-7-10(2)18(23)11(3)16(14)20(13)25/h5-7,21,23-24H,4,8-9H2,1-3H3. The molecular formula is C20H21NO5. The van der Waals surface area contributed by atoms with Crippen molar-refractivity contribution in [2.24, 2.45) is 0 Å². The number of fused-ring (bicyclic) bond motifs is 3. The van der Waals surface area contributed by atoms with Crippen LogP contribution in [-0.2, 0) is 16.1 Å². The molecule has 6 heteroatoms. The summed E-state index contributed by atoms with van der Waals surface area (Å²) >= 11 is 0. The largest absolute Gasteiger partial charge is 0.507 e. The molecule has 0 amide bonds. The molecule has 1 aliphatic carbocycles. The normalized spacial score (nSPS) is 12.0. The van der Waals surface area contributed by atoms with Crippen LogP contribution in [0.1, 0.15) is 39.5 Å². The number of hydrogen-bond acceptors (Lipinski definition) is 6. The van der Waals surface area contributed by atoms with Gasteiger partial charge in [0.1, 0.15) is 11.5 Å². The van der Waals surface area contributed by atoms with Gasteiger partial charge in [-0.1, -0.05) is 6.07 Å². The number of rotatable bonds is 5. The predicted octanol–water partition coefficient (Wildman–Crippen LogP) is 2.58. The SMILES string of the molecule is CCOC(=O)CNCc1ccc2c(c1O)-c1cc(C)c(O)c(C)c1C2=O. The van der Waals surface area contributed by atoms with E-state index in [4.69, 9.17) is 4.74 Å². The van der Waals surface area contributed by atoms with Gasteiger partial charge in [-0.15, -0.1) is 0 Å². The molecule has 0 bridgehead atoms. The Morgan fingerprint density at radius 2 is 1.85 bits per heavy atom. The number of nitrogens with one attached hydrogen (secondary N) is 1. The molecule has 0 atom stereocenters. The van der Waals surface area contributed by atoms with E-state index < -0.39 is 0 Å². The average molecular weight is 355 g/mol. The first kappa shape index (κ1) is 17.9. The van der Waals surface area contributed by atoms with Crippen LogP contribution in [0.4, 0.5) is 0 Å². The Kier molecular flexibility index (Phi) is 4.70. The van der Waals surface area contributed by atoms with Crippen molar-refractivity contribution in [3.63, 3.8) is 0 Å². The second kappa shape index (κ2) is 6.80. The predicted molar refractivity (Wildman–Crippen MR) is 96.5 cm³/mol. The van der Waals surface area contributed by atoms with Crippen molar-refractivity contribution >= 4 is 11.8 Å². The van der Waals surface area contributed by atoms with E-state index >= 15 is 0 Å².